The maximum Gasteiger partial charge on any atom is 0.360 e. The number of hydrogen-bond acceptors (Lipinski definition) is 17. The number of nitrogens with two attached hydrogens (primary N) is 2. The summed E-state index contributed by atoms with van der Waals surface area (Å²) in [5.74, 6) is -2.58. The third-order valence-electron chi connectivity index (χ3n) is 6.07. The third kappa shape index (κ3) is 8.46. The first-order valence-electron chi connectivity index (χ1n) is 13.9. The molecule has 6 aromatic rings. The molecule has 6 rings (SSSR count). The molecule has 7 N–H and O–H groups in total. The van der Waals surface area contributed by atoms with Crippen molar-refractivity contribution in [2.24, 2.45) is 0 Å². The van der Waals surface area contributed by atoms with Crippen LogP contribution in [0.3, 0.4) is 0 Å². The standard InChI is InChI=1S/C16H13FN4O4S.C14H11FN4O3S/c1-2-24-15(23)10-7-11(25-21-10)12(22)13-14(18)20-16(26-13)19-9-5-3-8(17)4-6-9;15-7-1-3-8(4-2-7)17-14-18-13(16)12(23-14)11(21)10-5-9(6-20)19-22-10/h3-7H,2,18H2,1H3,(H,19,20);1-5,20H,6,16H2,(H,17,18). The van der Waals surface area contributed by atoms with Gasteiger partial charge in [-0.3, -0.25) is 9.59 Å². The molecule has 0 saturated heterocycles. The van der Waals surface area contributed by atoms with Gasteiger partial charge in [0.05, 0.1) is 13.2 Å². The van der Waals surface area contributed by atoms with Crippen molar-refractivity contribution in [3.8, 4) is 0 Å². The van der Waals surface area contributed by atoms with E-state index in [-0.39, 0.29) is 69.1 Å². The molecule has 0 unspecified atom stereocenters. The van der Waals surface area contributed by atoms with Crippen LogP contribution in [0.2, 0.25) is 0 Å². The number of esters is 1. The number of thiazole rings is 2. The highest BCUT2D eigenvalue weighted by atomic mass is 32.1. The lowest BCUT2D eigenvalue weighted by atomic mass is 10.2. The van der Waals surface area contributed by atoms with E-state index in [1.165, 1.54) is 48.5 Å². The molecule has 4 heterocycles. The number of ketones is 2. The molecule has 0 bridgehead atoms. The summed E-state index contributed by atoms with van der Waals surface area (Å²) in [6, 6.07) is 13.8. The number of anilines is 6. The van der Waals surface area contributed by atoms with Crippen molar-refractivity contribution in [3.05, 3.63) is 105 Å². The fourth-order valence-corrected chi connectivity index (χ4v) is 5.51. The van der Waals surface area contributed by atoms with Gasteiger partial charge in [-0.05, 0) is 55.5 Å². The number of aliphatic hydroxyl groups is 1. The second-order valence-corrected chi connectivity index (χ2v) is 11.5. The molecular formula is C30H24F2N8O7S2. The average Bonchev–Trinajstić information content (AvgIpc) is 3.90. The molecule has 0 saturated carbocycles. The third-order valence-corrected chi connectivity index (χ3v) is 8.04. The van der Waals surface area contributed by atoms with Gasteiger partial charge in [-0.2, -0.15) is 0 Å². The van der Waals surface area contributed by atoms with E-state index in [1.807, 2.05) is 0 Å². The van der Waals surface area contributed by atoms with Gasteiger partial charge in [-0.1, -0.05) is 33.0 Å². The van der Waals surface area contributed by atoms with Crippen LogP contribution in [0, 0.1) is 11.6 Å². The van der Waals surface area contributed by atoms with Crippen LogP contribution in [0.1, 0.15) is 54.0 Å². The summed E-state index contributed by atoms with van der Waals surface area (Å²) in [4.78, 5) is 44.8. The van der Waals surface area contributed by atoms with Crippen molar-refractivity contribution in [2.75, 3.05) is 28.7 Å². The lowest BCUT2D eigenvalue weighted by Crippen LogP contribution is -2.05. The molecule has 15 nitrogen and oxygen atoms in total. The van der Waals surface area contributed by atoms with Gasteiger partial charge in [0.2, 0.25) is 23.1 Å². The number of aromatic nitrogens is 4. The van der Waals surface area contributed by atoms with Crippen LogP contribution in [0.25, 0.3) is 0 Å². The molecule has 0 amide bonds. The quantitative estimate of drug-likeness (QED) is 0.0845. The lowest BCUT2D eigenvalue weighted by Gasteiger charge is -2.00. The van der Waals surface area contributed by atoms with Crippen molar-refractivity contribution in [3.63, 3.8) is 0 Å². The van der Waals surface area contributed by atoms with Crippen LogP contribution < -0.4 is 22.1 Å². The Bertz CT molecular complexity index is 2090. The zero-order valence-electron chi connectivity index (χ0n) is 25.1. The van der Waals surface area contributed by atoms with Gasteiger partial charge in [0.25, 0.3) is 0 Å². The maximum atomic E-state index is 12.9. The average molecular weight is 711 g/mol. The molecule has 19 heteroatoms. The van der Waals surface area contributed by atoms with Gasteiger partial charge < -0.3 is 41.0 Å². The first-order valence-corrected chi connectivity index (χ1v) is 15.5. The SMILES string of the molecule is CCOC(=O)c1cc(C(=O)c2sc(Nc3ccc(F)cc3)nc2N)on1.Nc1nc(Nc2ccc(F)cc2)sc1C(=O)c1cc(CO)no1. The molecule has 0 aliphatic carbocycles. The molecule has 252 valence electrons. The normalized spacial score (nSPS) is 10.6. The Morgan fingerprint density at radius 1 is 0.796 bits per heavy atom. The molecule has 0 radical (unpaired) electrons. The maximum absolute atomic E-state index is 12.9. The zero-order valence-corrected chi connectivity index (χ0v) is 26.7. The van der Waals surface area contributed by atoms with E-state index >= 15 is 0 Å². The fourth-order valence-electron chi connectivity index (χ4n) is 3.81. The van der Waals surface area contributed by atoms with E-state index in [9.17, 15) is 23.2 Å². The molecule has 2 aromatic carbocycles. The highest BCUT2D eigenvalue weighted by Crippen LogP contribution is 2.31. The monoisotopic (exact) mass is 710 g/mol. The number of nitrogen functional groups attached to an aromatic ring is 2. The molecule has 0 spiro atoms. The van der Waals surface area contributed by atoms with E-state index in [4.69, 9.17) is 30.4 Å². The van der Waals surface area contributed by atoms with E-state index in [2.05, 4.69) is 30.9 Å². The first kappa shape index (κ1) is 34.3. The molecule has 0 atom stereocenters. The van der Waals surface area contributed by atoms with E-state index in [1.54, 1.807) is 19.1 Å². The predicted molar refractivity (Wildman–Crippen MR) is 174 cm³/mol. The van der Waals surface area contributed by atoms with Gasteiger partial charge in [-0.25, -0.2) is 23.5 Å². The summed E-state index contributed by atoms with van der Waals surface area (Å²) in [7, 11) is 0. The Morgan fingerprint density at radius 3 is 1.71 bits per heavy atom. The van der Waals surface area contributed by atoms with Gasteiger partial charge >= 0.3 is 5.97 Å². The Balaban J connectivity index is 0.000000192. The van der Waals surface area contributed by atoms with Crippen LogP contribution in [0.15, 0.2) is 69.7 Å². The van der Waals surface area contributed by atoms with Gasteiger partial charge in [0.15, 0.2) is 16.0 Å². The number of rotatable bonds is 11. The smallest absolute Gasteiger partial charge is 0.360 e. The van der Waals surface area contributed by atoms with Gasteiger partial charge in [0.1, 0.15) is 38.7 Å². The van der Waals surface area contributed by atoms with E-state index < -0.39 is 17.5 Å². The highest BCUT2D eigenvalue weighted by molar-refractivity contribution is 7.18. The van der Waals surface area contributed by atoms with Crippen molar-refractivity contribution in [1.29, 1.82) is 0 Å². The van der Waals surface area contributed by atoms with Crippen molar-refractivity contribution >= 4 is 73.5 Å². The number of benzene rings is 2. The highest BCUT2D eigenvalue weighted by Gasteiger charge is 2.25. The second-order valence-electron chi connectivity index (χ2n) is 9.53. The predicted octanol–water partition coefficient (Wildman–Crippen LogP) is 5.32. The number of carbonyl (C=O) groups is 3. The van der Waals surface area contributed by atoms with Crippen LogP contribution in [0.5, 0.6) is 0 Å². The zero-order chi connectivity index (χ0) is 35.1. The Hall–Kier alpha value is -6.05. The Morgan fingerprint density at radius 2 is 1.27 bits per heavy atom. The number of carbonyl (C=O) groups excluding carboxylic acids is 3. The van der Waals surface area contributed by atoms with Gasteiger partial charge in [-0.15, -0.1) is 0 Å². The number of hydrogen-bond donors (Lipinski definition) is 5. The molecule has 0 aliphatic rings. The van der Waals surface area contributed by atoms with E-state index in [0.29, 0.717) is 21.6 Å². The molecular weight excluding hydrogens is 687 g/mol. The summed E-state index contributed by atoms with van der Waals surface area (Å²) < 4.78 is 40.4. The summed E-state index contributed by atoms with van der Waals surface area (Å²) >= 11 is 2.03. The molecule has 4 aromatic heterocycles. The fraction of sp³-hybridized carbons (Fsp3) is 0.100. The lowest BCUT2D eigenvalue weighted by molar-refractivity contribution is 0.0514. The van der Waals surface area contributed by atoms with Crippen molar-refractivity contribution in [1.82, 2.24) is 20.3 Å². The van der Waals surface area contributed by atoms with Gasteiger partial charge in [0, 0.05) is 23.5 Å². The molecule has 0 fully saturated rings. The number of nitrogens with one attached hydrogen (secondary N) is 2. The second kappa shape index (κ2) is 15.2. The number of aliphatic hydroxyl groups excluding tert-OH is 1. The Kier molecular flexibility index (Phi) is 10.7. The largest absolute Gasteiger partial charge is 0.461 e. The minimum absolute atomic E-state index is 0.00121. The summed E-state index contributed by atoms with van der Waals surface area (Å²) in [6.07, 6.45) is 0. The minimum Gasteiger partial charge on any atom is -0.461 e. The van der Waals surface area contributed by atoms with Crippen LogP contribution in [-0.4, -0.2) is 49.5 Å². The summed E-state index contributed by atoms with van der Waals surface area (Å²) in [6.45, 7) is 1.50. The number of halogens is 2. The number of nitrogens with zero attached hydrogens (tertiary/aromatic N) is 4. The molecule has 49 heavy (non-hydrogen) atoms. The summed E-state index contributed by atoms with van der Waals surface area (Å²) in [5.41, 5.74) is 12.9. The van der Waals surface area contributed by atoms with Crippen molar-refractivity contribution in [2.45, 2.75) is 13.5 Å². The first-order chi connectivity index (χ1) is 23.5. The molecule has 0 aliphatic heterocycles. The van der Waals surface area contributed by atoms with Crippen LogP contribution in [0.4, 0.5) is 42.1 Å². The minimum atomic E-state index is -0.689. The number of ether oxygens (including phenoxy) is 1. The van der Waals surface area contributed by atoms with E-state index in [0.717, 1.165) is 22.7 Å². The van der Waals surface area contributed by atoms with Crippen LogP contribution >= 0.6 is 22.7 Å². The Labute approximate surface area is 282 Å². The van der Waals surface area contributed by atoms with Crippen LogP contribution in [-0.2, 0) is 11.3 Å². The topological polar surface area (TPSA) is 235 Å². The van der Waals surface area contributed by atoms with Crippen molar-refractivity contribution < 1.29 is 42.1 Å². The summed E-state index contributed by atoms with van der Waals surface area (Å²) in [5, 5.41) is 22.6.